The maximum absolute atomic E-state index is 12.5. The van der Waals surface area contributed by atoms with Crippen LogP contribution in [-0.2, 0) is 19.6 Å². The summed E-state index contributed by atoms with van der Waals surface area (Å²) in [7, 11) is -3.91. The molecule has 2 N–H and O–H groups in total. The molecule has 1 amide bonds. The first kappa shape index (κ1) is 18.9. The number of hydrogen-bond acceptors (Lipinski definition) is 7. The first-order valence-corrected chi connectivity index (χ1v) is 9.77. The number of anilines is 2. The summed E-state index contributed by atoms with van der Waals surface area (Å²) in [6.45, 7) is 3.52. The molecular weight excluding hydrogens is 366 g/mol. The molecule has 25 heavy (non-hydrogen) atoms. The van der Waals surface area contributed by atoms with Crippen LogP contribution in [0.15, 0.2) is 34.7 Å². The summed E-state index contributed by atoms with van der Waals surface area (Å²) in [6, 6.07) is 5.69. The molecule has 10 heteroatoms. The molecule has 8 nitrogen and oxygen atoms in total. The first-order chi connectivity index (χ1) is 11.9. The highest BCUT2D eigenvalue weighted by molar-refractivity contribution is 7.93. The second kappa shape index (κ2) is 8.08. The quantitative estimate of drug-likeness (QED) is 0.710. The molecule has 1 aromatic carbocycles. The van der Waals surface area contributed by atoms with Crippen molar-refractivity contribution in [2.75, 3.05) is 16.6 Å². The molecule has 134 valence electrons. The van der Waals surface area contributed by atoms with Crippen LogP contribution in [0.25, 0.3) is 0 Å². The molecule has 0 fully saturated rings. The van der Waals surface area contributed by atoms with Gasteiger partial charge in [-0.15, -0.1) is 11.3 Å². The van der Waals surface area contributed by atoms with Crippen molar-refractivity contribution in [3.05, 3.63) is 35.5 Å². The number of ether oxygens (including phenoxy) is 1. The number of carbonyl (C=O) groups is 2. The van der Waals surface area contributed by atoms with Crippen molar-refractivity contribution >= 4 is 43.9 Å². The minimum atomic E-state index is -3.91. The van der Waals surface area contributed by atoms with E-state index in [9.17, 15) is 18.0 Å². The molecule has 0 saturated heterocycles. The second-order valence-electron chi connectivity index (χ2n) is 4.78. The molecule has 0 radical (unpaired) electrons. The average Bonchev–Trinajstić information content (AvgIpc) is 3.03. The van der Waals surface area contributed by atoms with Gasteiger partial charge < -0.3 is 10.1 Å². The predicted octanol–water partition coefficient (Wildman–Crippen LogP) is 2.47. The number of aromatic nitrogens is 1. The fourth-order valence-corrected chi connectivity index (χ4v) is 3.80. The largest absolute Gasteiger partial charge is 0.461 e. The Labute approximate surface area is 149 Å². The fourth-order valence-electron chi connectivity index (χ4n) is 1.81. The third-order valence-electron chi connectivity index (χ3n) is 3.03. The smallest absolute Gasteiger partial charge is 0.360 e. The number of sulfonamides is 1. The summed E-state index contributed by atoms with van der Waals surface area (Å²) >= 11 is 0.981. The van der Waals surface area contributed by atoms with Crippen molar-refractivity contribution in [3.8, 4) is 0 Å². The van der Waals surface area contributed by atoms with Gasteiger partial charge in [0.15, 0.2) is 5.69 Å². The third-order valence-corrected chi connectivity index (χ3v) is 5.27. The predicted molar refractivity (Wildman–Crippen MR) is 94.2 cm³/mol. The molecule has 0 aliphatic rings. The van der Waals surface area contributed by atoms with Crippen LogP contribution in [0.5, 0.6) is 0 Å². The zero-order valence-electron chi connectivity index (χ0n) is 13.6. The van der Waals surface area contributed by atoms with E-state index < -0.39 is 16.0 Å². The molecule has 2 aromatic rings. The van der Waals surface area contributed by atoms with Crippen LogP contribution in [0.3, 0.4) is 0 Å². The summed E-state index contributed by atoms with van der Waals surface area (Å²) in [5, 5.41) is 2.72. The molecule has 0 saturated carbocycles. The van der Waals surface area contributed by atoms with E-state index in [0.717, 1.165) is 11.3 Å². The van der Waals surface area contributed by atoms with Gasteiger partial charge in [-0.3, -0.25) is 9.52 Å². The van der Waals surface area contributed by atoms with Crippen molar-refractivity contribution in [1.82, 2.24) is 4.98 Å². The summed E-state index contributed by atoms with van der Waals surface area (Å²) in [5.41, 5.74) is 1.77. The number of carbonyl (C=O) groups excluding carboxylic acids is 2. The molecule has 0 bridgehead atoms. The van der Waals surface area contributed by atoms with E-state index in [-0.39, 0.29) is 28.1 Å². The number of nitrogens with zero attached hydrogens (tertiary/aromatic N) is 1. The highest BCUT2D eigenvalue weighted by atomic mass is 32.2. The van der Waals surface area contributed by atoms with Crippen LogP contribution in [0, 0.1) is 0 Å². The molecule has 1 aromatic heterocycles. The molecule has 2 rings (SSSR count). The van der Waals surface area contributed by atoms with Gasteiger partial charge in [-0.2, -0.15) is 0 Å². The van der Waals surface area contributed by atoms with Crippen molar-refractivity contribution in [1.29, 1.82) is 0 Å². The van der Waals surface area contributed by atoms with Gasteiger partial charge in [-0.05, 0) is 31.2 Å². The SMILES string of the molecule is CCOC(=O)c1ncsc1NS(=O)(=O)c1ccc(NC(=O)CC)cc1. The minimum absolute atomic E-state index is 0.00907. The lowest BCUT2D eigenvalue weighted by Gasteiger charge is -2.09. The van der Waals surface area contributed by atoms with Crippen molar-refractivity contribution in [2.45, 2.75) is 25.2 Å². The number of thiazole rings is 1. The van der Waals surface area contributed by atoms with E-state index in [1.165, 1.54) is 29.8 Å². The molecule has 0 spiro atoms. The van der Waals surface area contributed by atoms with Crippen molar-refractivity contribution in [2.24, 2.45) is 0 Å². The second-order valence-corrected chi connectivity index (χ2v) is 7.32. The number of amides is 1. The monoisotopic (exact) mass is 383 g/mol. The van der Waals surface area contributed by atoms with Crippen molar-refractivity contribution in [3.63, 3.8) is 0 Å². The number of rotatable bonds is 7. The van der Waals surface area contributed by atoms with Gasteiger partial charge in [0.2, 0.25) is 5.91 Å². The lowest BCUT2D eigenvalue weighted by molar-refractivity contribution is -0.115. The van der Waals surface area contributed by atoms with E-state index in [0.29, 0.717) is 12.1 Å². The van der Waals surface area contributed by atoms with Crippen LogP contribution in [-0.4, -0.2) is 31.9 Å². The van der Waals surface area contributed by atoms with Gasteiger partial charge in [0.05, 0.1) is 17.0 Å². The van der Waals surface area contributed by atoms with E-state index in [2.05, 4.69) is 15.0 Å². The number of hydrogen-bond donors (Lipinski definition) is 2. The van der Waals surface area contributed by atoms with E-state index in [1.807, 2.05) is 0 Å². The minimum Gasteiger partial charge on any atom is -0.461 e. The Morgan fingerprint density at radius 1 is 1.20 bits per heavy atom. The first-order valence-electron chi connectivity index (χ1n) is 7.40. The maximum Gasteiger partial charge on any atom is 0.360 e. The average molecular weight is 383 g/mol. The lowest BCUT2D eigenvalue weighted by Crippen LogP contribution is -2.16. The summed E-state index contributed by atoms with van der Waals surface area (Å²) < 4.78 is 32.1. The highest BCUT2D eigenvalue weighted by Gasteiger charge is 2.22. The van der Waals surface area contributed by atoms with Gasteiger partial charge in [-0.1, -0.05) is 6.92 Å². The standard InChI is InChI=1S/C15H17N3O5S2/c1-3-12(19)17-10-5-7-11(8-6-10)25(21,22)18-14-13(16-9-24-14)15(20)23-4-2/h5-9,18H,3-4H2,1-2H3,(H,17,19). The van der Waals surface area contributed by atoms with E-state index in [4.69, 9.17) is 4.74 Å². The fraction of sp³-hybridized carbons (Fsp3) is 0.267. The number of esters is 1. The third kappa shape index (κ3) is 4.77. The zero-order chi connectivity index (χ0) is 18.4. The van der Waals surface area contributed by atoms with Crippen LogP contribution >= 0.6 is 11.3 Å². The summed E-state index contributed by atoms with van der Waals surface area (Å²) in [6.07, 6.45) is 0.323. The van der Waals surface area contributed by atoms with Crippen LogP contribution in [0.4, 0.5) is 10.7 Å². The molecule has 1 heterocycles. The van der Waals surface area contributed by atoms with Crippen molar-refractivity contribution < 1.29 is 22.7 Å². The zero-order valence-corrected chi connectivity index (χ0v) is 15.2. The van der Waals surface area contributed by atoms with Gasteiger partial charge in [-0.25, -0.2) is 18.2 Å². The highest BCUT2D eigenvalue weighted by Crippen LogP contribution is 2.25. The van der Waals surface area contributed by atoms with Crippen LogP contribution in [0.1, 0.15) is 30.8 Å². The summed E-state index contributed by atoms with van der Waals surface area (Å²) in [4.78, 5) is 26.9. The molecule has 0 unspecified atom stereocenters. The Morgan fingerprint density at radius 3 is 2.48 bits per heavy atom. The molecule has 0 aliphatic carbocycles. The lowest BCUT2D eigenvalue weighted by atomic mass is 10.3. The molecule has 0 atom stereocenters. The van der Waals surface area contributed by atoms with Gasteiger partial charge in [0, 0.05) is 12.1 Å². The van der Waals surface area contributed by atoms with Gasteiger partial charge >= 0.3 is 5.97 Å². The number of nitrogens with one attached hydrogen (secondary N) is 2. The Kier molecular flexibility index (Phi) is 6.10. The normalized spacial score (nSPS) is 11.0. The van der Waals surface area contributed by atoms with Crippen LogP contribution in [0.2, 0.25) is 0 Å². The Morgan fingerprint density at radius 2 is 1.88 bits per heavy atom. The Balaban J connectivity index is 2.18. The maximum atomic E-state index is 12.5. The summed E-state index contributed by atoms with van der Waals surface area (Å²) in [5.74, 6) is -0.864. The molecule has 0 aliphatic heterocycles. The Bertz CT molecular complexity index is 860. The van der Waals surface area contributed by atoms with E-state index in [1.54, 1.807) is 13.8 Å². The Hall–Kier alpha value is -2.46. The van der Waals surface area contributed by atoms with Gasteiger partial charge in [0.1, 0.15) is 5.00 Å². The van der Waals surface area contributed by atoms with Crippen LogP contribution < -0.4 is 10.0 Å². The molecular formula is C15H17N3O5S2. The van der Waals surface area contributed by atoms with Gasteiger partial charge in [0.25, 0.3) is 10.0 Å². The number of benzene rings is 1. The topological polar surface area (TPSA) is 114 Å². The van der Waals surface area contributed by atoms with E-state index >= 15 is 0 Å².